The van der Waals surface area contributed by atoms with Crippen molar-refractivity contribution in [3.05, 3.63) is 69.8 Å². The summed E-state index contributed by atoms with van der Waals surface area (Å²) in [5.41, 5.74) is 1.42. The Morgan fingerprint density at radius 3 is 2.46 bits per heavy atom. The third-order valence-corrected chi connectivity index (χ3v) is 4.57. The van der Waals surface area contributed by atoms with Gasteiger partial charge in [0.15, 0.2) is 11.8 Å². The molecule has 6 nitrogen and oxygen atoms in total. The van der Waals surface area contributed by atoms with Gasteiger partial charge in [0.1, 0.15) is 0 Å². The molecule has 0 aliphatic carbocycles. The van der Waals surface area contributed by atoms with Gasteiger partial charge in [-0.15, -0.1) is 0 Å². The number of aryl methyl sites for hydroxylation is 1. The van der Waals surface area contributed by atoms with Crippen LogP contribution < -0.4 is 0 Å². The van der Waals surface area contributed by atoms with E-state index in [1.165, 1.54) is 18.2 Å². The molecule has 0 bridgehead atoms. The minimum atomic E-state index is -1.69. The van der Waals surface area contributed by atoms with Crippen LogP contribution in [0.2, 0.25) is 0 Å². The molecule has 8 heteroatoms. The first kappa shape index (κ1) is 20.8. The molecule has 0 amide bonds. The van der Waals surface area contributed by atoms with Crippen molar-refractivity contribution in [3.63, 3.8) is 0 Å². The number of thioether (sulfide) groups is 1. The van der Waals surface area contributed by atoms with E-state index in [0.717, 1.165) is 17.3 Å². The minimum absolute atomic E-state index is 0. The zero-order valence-corrected chi connectivity index (χ0v) is 16.4. The Balaban J connectivity index is 0.00000288. The SMILES string of the molecule is Cc1ccc(C(Sc2c[c-]ccc2[N+](=O)[O-])C(O)C(=O)O)cc1.[Y]. The standard InChI is InChI=1S/C16H14NO5S.Y/c1-10-6-8-11(9-7-10)15(14(18)16(19)20)23-13-5-3-2-4-12(13)17(21)22;/h2,4-9,14-15,18H,1H3,(H,19,20);/q-1;. The number of aliphatic hydroxyl groups is 1. The molecule has 2 aromatic carbocycles. The third kappa shape index (κ3) is 5.11. The van der Waals surface area contributed by atoms with Gasteiger partial charge in [0.2, 0.25) is 0 Å². The summed E-state index contributed by atoms with van der Waals surface area (Å²) < 4.78 is 0. The van der Waals surface area contributed by atoms with Crippen molar-refractivity contribution in [2.75, 3.05) is 0 Å². The van der Waals surface area contributed by atoms with Crippen LogP contribution in [0.3, 0.4) is 0 Å². The summed E-state index contributed by atoms with van der Waals surface area (Å²) in [5, 5.41) is 29.3. The van der Waals surface area contributed by atoms with Crippen LogP contribution in [0.25, 0.3) is 0 Å². The van der Waals surface area contributed by atoms with Crippen LogP contribution in [0.5, 0.6) is 0 Å². The van der Waals surface area contributed by atoms with Crippen molar-refractivity contribution in [2.45, 2.75) is 23.2 Å². The summed E-state index contributed by atoms with van der Waals surface area (Å²) in [6.07, 6.45) is -1.69. The first-order chi connectivity index (χ1) is 10.9. The number of nitrogens with zero attached hydrogens (tertiary/aromatic N) is 1. The molecule has 2 rings (SSSR count). The summed E-state index contributed by atoms with van der Waals surface area (Å²) in [4.78, 5) is 22.0. The number of nitro benzene ring substituents is 1. The van der Waals surface area contributed by atoms with Gasteiger partial charge >= 0.3 is 5.97 Å². The Morgan fingerprint density at radius 2 is 1.92 bits per heavy atom. The Morgan fingerprint density at radius 1 is 1.29 bits per heavy atom. The number of rotatable bonds is 6. The first-order valence-electron chi connectivity index (χ1n) is 6.68. The molecule has 2 atom stereocenters. The number of aliphatic carboxylic acids is 1. The van der Waals surface area contributed by atoms with Crippen molar-refractivity contribution in [3.8, 4) is 0 Å². The number of carboxylic acids is 1. The Labute approximate surface area is 168 Å². The zero-order chi connectivity index (χ0) is 17.0. The first-order valence-corrected chi connectivity index (χ1v) is 7.56. The Hall–Kier alpha value is -1.28. The summed E-state index contributed by atoms with van der Waals surface area (Å²) in [5.74, 6) is -1.38. The molecule has 24 heavy (non-hydrogen) atoms. The Bertz CT molecular complexity index is 723. The van der Waals surface area contributed by atoms with Crippen molar-refractivity contribution in [2.24, 2.45) is 0 Å². The second kappa shape index (κ2) is 9.27. The molecular formula is C16H14NO5SY-. The molecule has 0 aliphatic rings. The second-order valence-corrected chi connectivity index (χ2v) is 6.07. The average Bonchev–Trinajstić information content (AvgIpc) is 2.53. The molecule has 1 radical (unpaired) electrons. The average molecular weight is 421 g/mol. The van der Waals surface area contributed by atoms with Gasteiger partial charge in [0.05, 0.1) is 5.25 Å². The van der Waals surface area contributed by atoms with Gasteiger partial charge in [-0.05, 0) is 17.4 Å². The van der Waals surface area contributed by atoms with Gasteiger partial charge in [-0.3, -0.25) is 10.1 Å². The molecule has 0 saturated carbocycles. The van der Waals surface area contributed by atoms with E-state index in [4.69, 9.17) is 5.11 Å². The molecular weight excluding hydrogens is 407 g/mol. The molecule has 123 valence electrons. The number of aliphatic hydroxyl groups excluding tert-OH is 1. The van der Waals surface area contributed by atoms with E-state index < -0.39 is 22.2 Å². The van der Waals surface area contributed by atoms with Crippen LogP contribution in [0, 0.1) is 23.1 Å². The third-order valence-electron chi connectivity index (χ3n) is 3.20. The fourth-order valence-electron chi connectivity index (χ4n) is 1.99. The number of hydrogen-bond acceptors (Lipinski definition) is 5. The largest absolute Gasteiger partial charge is 0.479 e. The van der Waals surface area contributed by atoms with E-state index in [0.29, 0.717) is 5.56 Å². The van der Waals surface area contributed by atoms with Crippen LogP contribution in [-0.4, -0.2) is 27.2 Å². The molecule has 2 unspecified atom stereocenters. The monoisotopic (exact) mass is 421 g/mol. The summed E-state index contributed by atoms with van der Waals surface area (Å²) in [6.45, 7) is 1.89. The fourth-order valence-corrected chi connectivity index (χ4v) is 3.20. The van der Waals surface area contributed by atoms with Crippen LogP contribution >= 0.6 is 11.8 Å². The molecule has 0 fully saturated rings. The van der Waals surface area contributed by atoms with E-state index in [2.05, 4.69) is 6.07 Å². The van der Waals surface area contributed by atoms with E-state index >= 15 is 0 Å². The fraction of sp³-hybridized carbons (Fsp3) is 0.188. The molecule has 2 N–H and O–H groups in total. The number of benzene rings is 2. The smallest absolute Gasteiger partial charge is 0.334 e. The van der Waals surface area contributed by atoms with Gasteiger partial charge in [-0.25, -0.2) is 4.79 Å². The van der Waals surface area contributed by atoms with Crippen LogP contribution in [0.1, 0.15) is 16.4 Å². The molecule has 0 aliphatic heterocycles. The summed E-state index contributed by atoms with van der Waals surface area (Å²) in [6, 6.07) is 13.9. The Kier molecular flexibility index (Phi) is 8.02. The van der Waals surface area contributed by atoms with E-state index in [1.807, 2.05) is 6.92 Å². The molecule has 0 aromatic heterocycles. The molecule has 2 aromatic rings. The summed E-state index contributed by atoms with van der Waals surface area (Å²) >= 11 is 0.935. The minimum Gasteiger partial charge on any atom is -0.479 e. The predicted molar refractivity (Wildman–Crippen MR) is 85.4 cm³/mol. The topological polar surface area (TPSA) is 101 Å². The van der Waals surface area contributed by atoms with Crippen molar-refractivity contribution in [1.82, 2.24) is 0 Å². The molecule has 0 heterocycles. The molecule has 0 saturated heterocycles. The van der Waals surface area contributed by atoms with Gasteiger partial charge < -0.3 is 10.2 Å². The number of hydrogen-bond donors (Lipinski definition) is 2. The molecule has 0 spiro atoms. The maximum atomic E-state index is 11.2. The van der Waals surface area contributed by atoms with Crippen LogP contribution in [0.4, 0.5) is 5.69 Å². The number of carbonyl (C=O) groups is 1. The zero-order valence-electron chi connectivity index (χ0n) is 12.7. The maximum absolute atomic E-state index is 11.2. The van der Waals surface area contributed by atoms with Crippen molar-refractivity contribution >= 4 is 23.4 Å². The van der Waals surface area contributed by atoms with Crippen molar-refractivity contribution < 1.29 is 52.6 Å². The normalized spacial score (nSPS) is 12.8. The van der Waals surface area contributed by atoms with Gasteiger partial charge in [0, 0.05) is 37.6 Å². The van der Waals surface area contributed by atoms with Gasteiger partial charge in [-0.1, -0.05) is 35.9 Å². The van der Waals surface area contributed by atoms with Crippen molar-refractivity contribution in [1.29, 1.82) is 0 Å². The van der Waals surface area contributed by atoms with E-state index in [1.54, 1.807) is 24.3 Å². The number of nitro groups is 1. The summed E-state index contributed by atoms with van der Waals surface area (Å²) in [7, 11) is 0. The predicted octanol–water partition coefficient (Wildman–Crippen LogP) is 2.98. The number of carboxylic acid groups (broad SMARTS) is 1. The van der Waals surface area contributed by atoms with Crippen LogP contribution in [0.15, 0.2) is 47.4 Å². The van der Waals surface area contributed by atoms with Crippen LogP contribution in [-0.2, 0) is 37.5 Å². The van der Waals surface area contributed by atoms with E-state index in [9.17, 15) is 20.0 Å². The van der Waals surface area contributed by atoms with Gasteiger partial charge in [0.25, 0.3) is 0 Å². The van der Waals surface area contributed by atoms with E-state index in [-0.39, 0.29) is 43.3 Å². The van der Waals surface area contributed by atoms with Gasteiger partial charge in [-0.2, -0.15) is 30.0 Å². The quantitative estimate of drug-likeness (QED) is 0.322. The maximum Gasteiger partial charge on any atom is 0.334 e. The second-order valence-electron chi connectivity index (χ2n) is 4.88.